The molecule has 1 aliphatic heterocycles. The van der Waals surface area contributed by atoms with Gasteiger partial charge in [-0.3, -0.25) is 14.9 Å². The van der Waals surface area contributed by atoms with Crippen LogP contribution in [0.15, 0.2) is 16.6 Å². The van der Waals surface area contributed by atoms with Crippen LogP contribution in [0.25, 0.3) is 0 Å². The Labute approximate surface area is 129 Å². The molecule has 21 heavy (non-hydrogen) atoms. The van der Waals surface area contributed by atoms with Crippen LogP contribution in [0.2, 0.25) is 0 Å². The van der Waals surface area contributed by atoms with E-state index in [-0.39, 0.29) is 23.7 Å². The summed E-state index contributed by atoms with van der Waals surface area (Å²) in [7, 11) is 2.98. The molecule has 0 spiro atoms. The van der Waals surface area contributed by atoms with E-state index in [4.69, 9.17) is 9.47 Å². The molecule has 0 aromatic heterocycles. The van der Waals surface area contributed by atoms with E-state index in [9.17, 15) is 14.9 Å². The van der Waals surface area contributed by atoms with E-state index in [0.717, 1.165) is 0 Å². The number of nitrogens with one attached hydrogen (secondary N) is 1. The number of ether oxygens (including phenoxy) is 2. The Morgan fingerprint density at radius 2 is 2.00 bits per heavy atom. The maximum Gasteiger partial charge on any atom is 0.237 e. The van der Waals surface area contributed by atoms with Gasteiger partial charge in [0.2, 0.25) is 11.9 Å². The van der Waals surface area contributed by atoms with Crippen LogP contribution in [0.1, 0.15) is 24.4 Å². The summed E-state index contributed by atoms with van der Waals surface area (Å²) >= 11 is 3.34. The topological polar surface area (TPSA) is 90.7 Å². The number of nitro groups is 1. The predicted molar refractivity (Wildman–Crippen MR) is 78.1 cm³/mol. The molecule has 114 valence electrons. The number of carbonyl (C=O) groups is 1. The molecule has 7 nitrogen and oxygen atoms in total. The fraction of sp³-hybridized carbons (Fsp3) is 0.462. The van der Waals surface area contributed by atoms with E-state index in [1.165, 1.54) is 14.2 Å². The normalized spacial score (nSPS) is 21.6. The zero-order chi connectivity index (χ0) is 15.6. The van der Waals surface area contributed by atoms with Crippen molar-refractivity contribution in [3.05, 3.63) is 32.3 Å². The van der Waals surface area contributed by atoms with Crippen molar-refractivity contribution in [1.29, 1.82) is 0 Å². The average molecular weight is 359 g/mol. The quantitative estimate of drug-likeness (QED) is 0.657. The Morgan fingerprint density at radius 3 is 2.57 bits per heavy atom. The molecule has 1 saturated heterocycles. The summed E-state index contributed by atoms with van der Waals surface area (Å²) in [4.78, 5) is 22.5. The molecule has 0 unspecified atom stereocenters. The zero-order valence-corrected chi connectivity index (χ0v) is 13.2. The highest BCUT2D eigenvalue weighted by molar-refractivity contribution is 9.10. The smallest absolute Gasteiger partial charge is 0.237 e. The lowest BCUT2D eigenvalue weighted by atomic mass is 9.91. The van der Waals surface area contributed by atoms with Gasteiger partial charge in [0.05, 0.1) is 18.7 Å². The molecule has 1 heterocycles. The standard InChI is InChI=1S/C13H15BrN2O5/c1-20-10-6-8(14)11(21-2)5-7(10)13-9(16(18)19)3-4-12(17)15-13/h5-6,9,13H,3-4H2,1-2H3,(H,15,17)/t9-,13+/m0/s1. The minimum Gasteiger partial charge on any atom is -0.496 e. The fourth-order valence-corrected chi connectivity index (χ4v) is 2.91. The summed E-state index contributed by atoms with van der Waals surface area (Å²) in [6.45, 7) is 0. The first-order valence-corrected chi connectivity index (χ1v) is 7.11. The van der Waals surface area contributed by atoms with E-state index in [1.807, 2.05) is 0 Å². The van der Waals surface area contributed by atoms with Gasteiger partial charge in [-0.1, -0.05) is 0 Å². The lowest BCUT2D eigenvalue weighted by Crippen LogP contribution is -2.45. The summed E-state index contributed by atoms with van der Waals surface area (Å²) in [5.41, 5.74) is 0.535. The van der Waals surface area contributed by atoms with Crippen LogP contribution in [0.5, 0.6) is 11.5 Å². The largest absolute Gasteiger partial charge is 0.496 e. The van der Waals surface area contributed by atoms with Crippen molar-refractivity contribution in [3.8, 4) is 11.5 Å². The number of piperidine rings is 1. The van der Waals surface area contributed by atoms with Crippen LogP contribution < -0.4 is 14.8 Å². The summed E-state index contributed by atoms with van der Waals surface area (Å²) < 4.78 is 11.2. The molecular weight excluding hydrogens is 344 g/mol. The first-order chi connectivity index (χ1) is 9.97. The van der Waals surface area contributed by atoms with E-state index in [1.54, 1.807) is 12.1 Å². The van der Waals surface area contributed by atoms with Gasteiger partial charge in [-0.05, 0) is 28.1 Å². The molecule has 0 bridgehead atoms. The third-order valence-corrected chi connectivity index (χ3v) is 4.10. The van der Waals surface area contributed by atoms with Crippen molar-refractivity contribution in [2.75, 3.05) is 14.2 Å². The lowest BCUT2D eigenvalue weighted by molar-refractivity contribution is -0.529. The molecule has 1 aromatic carbocycles. The maximum absolute atomic E-state index is 11.6. The highest BCUT2D eigenvalue weighted by Gasteiger charge is 2.40. The molecule has 1 aromatic rings. The van der Waals surface area contributed by atoms with Crippen molar-refractivity contribution < 1.29 is 19.2 Å². The van der Waals surface area contributed by atoms with Gasteiger partial charge in [0.15, 0.2) is 0 Å². The van der Waals surface area contributed by atoms with Crippen molar-refractivity contribution in [3.63, 3.8) is 0 Å². The van der Waals surface area contributed by atoms with Crippen LogP contribution >= 0.6 is 15.9 Å². The summed E-state index contributed by atoms with van der Waals surface area (Å²) in [5.74, 6) is 0.775. The molecule has 0 radical (unpaired) electrons. The number of methoxy groups -OCH3 is 2. The van der Waals surface area contributed by atoms with Gasteiger partial charge in [0.25, 0.3) is 0 Å². The summed E-state index contributed by atoms with van der Waals surface area (Å²) in [6, 6.07) is 1.70. The van der Waals surface area contributed by atoms with Gasteiger partial charge >= 0.3 is 0 Å². The highest BCUT2D eigenvalue weighted by atomic mass is 79.9. The Hall–Kier alpha value is -1.83. The molecule has 1 amide bonds. The molecule has 0 saturated carbocycles. The van der Waals surface area contributed by atoms with Gasteiger partial charge in [0, 0.05) is 23.3 Å². The number of amides is 1. The average Bonchev–Trinajstić information content (AvgIpc) is 2.46. The molecule has 8 heteroatoms. The summed E-state index contributed by atoms with van der Waals surface area (Å²) in [6.07, 6.45) is 0.350. The van der Waals surface area contributed by atoms with E-state index in [0.29, 0.717) is 21.5 Å². The van der Waals surface area contributed by atoms with E-state index < -0.39 is 12.1 Å². The molecular formula is C13H15BrN2O5. The summed E-state index contributed by atoms with van der Waals surface area (Å²) in [5, 5.41) is 13.9. The molecule has 0 aliphatic carbocycles. The number of nitrogens with zero attached hydrogens (tertiary/aromatic N) is 1. The SMILES string of the molecule is COc1cc([C@H]2NC(=O)CC[C@@H]2[N+](=O)[O-])c(OC)cc1Br. The lowest BCUT2D eigenvalue weighted by Gasteiger charge is -2.28. The second-order valence-electron chi connectivity index (χ2n) is 4.67. The van der Waals surface area contributed by atoms with Crippen molar-refractivity contribution in [1.82, 2.24) is 5.32 Å². The number of rotatable bonds is 4. The van der Waals surface area contributed by atoms with Gasteiger partial charge in [-0.2, -0.15) is 0 Å². The Morgan fingerprint density at radius 1 is 1.33 bits per heavy atom. The zero-order valence-electron chi connectivity index (χ0n) is 11.6. The number of carbonyl (C=O) groups excluding carboxylic acids is 1. The van der Waals surface area contributed by atoms with Gasteiger partial charge in [-0.15, -0.1) is 0 Å². The fourth-order valence-electron chi connectivity index (χ4n) is 2.43. The number of hydrogen-bond acceptors (Lipinski definition) is 5. The maximum atomic E-state index is 11.6. The number of benzene rings is 1. The van der Waals surface area contributed by atoms with Crippen LogP contribution in [0.4, 0.5) is 0 Å². The Kier molecular flexibility index (Phi) is 4.66. The van der Waals surface area contributed by atoms with Crippen LogP contribution in [-0.4, -0.2) is 31.1 Å². The minimum atomic E-state index is -0.887. The van der Waals surface area contributed by atoms with Crippen molar-refractivity contribution >= 4 is 21.8 Å². The molecule has 1 aliphatic rings. The number of halogens is 1. The molecule has 2 atom stereocenters. The molecule has 1 fully saturated rings. The highest BCUT2D eigenvalue weighted by Crippen LogP contribution is 2.38. The first kappa shape index (κ1) is 15.6. The van der Waals surface area contributed by atoms with Crippen LogP contribution in [0.3, 0.4) is 0 Å². The van der Waals surface area contributed by atoms with Gasteiger partial charge < -0.3 is 14.8 Å². The third-order valence-electron chi connectivity index (χ3n) is 3.48. The Balaban J connectivity index is 2.50. The van der Waals surface area contributed by atoms with Gasteiger partial charge in [0.1, 0.15) is 17.5 Å². The minimum absolute atomic E-state index is 0.151. The first-order valence-electron chi connectivity index (χ1n) is 6.32. The van der Waals surface area contributed by atoms with Gasteiger partial charge in [-0.25, -0.2) is 0 Å². The monoisotopic (exact) mass is 358 g/mol. The third kappa shape index (κ3) is 3.10. The predicted octanol–water partition coefficient (Wildman–Crippen LogP) is 2.06. The molecule has 1 N–H and O–H groups in total. The second kappa shape index (κ2) is 6.30. The van der Waals surface area contributed by atoms with Crippen molar-refractivity contribution in [2.24, 2.45) is 0 Å². The van der Waals surface area contributed by atoms with E-state index in [2.05, 4.69) is 21.2 Å². The Bertz CT molecular complexity index is 578. The molecule has 2 rings (SSSR count). The van der Waals surface area contributed by atoms with Crippen LogP contribution in [-0.2, 0) is 4.79 Å². The van der Waals surface area contributed by atoms with E-state index >= 15 is 0 Å². The van der Waals surface area contributed by atoms with Crippen LogP contribution in [0, 0.1) is 10.1 Å². The van der Waals surface area contributed by atoms with Crippen molar-refractivity contribution in [2.45, 2.75) is 24.9 Å². The second-order valence-corrected chi connectivity index (χ2v) is 5.52. The number of hydrogen-bond donors (Lipinski definition) is 1.